The van der Waals surface area contributed by atoms with E-state index in [1.807, 2.05) is 12.1 Å². The summed E-state index contributed by atoms with van der Waals surface area (Å²) in [6.45, 7) is 2.75. The third kappa shape index (κ3) is 4.44. The molecule has 1 aliphatic rings. The van der Waals surface area contributed by atoms with Gasteiger partial charge < -0.3 is 9.88 Å². The Hall–Kier alpha value is -1.78. The lowest BCUT2D eigenvalue weighted by atomic mass is 10.1. The minimum Gasteiger partial charge on any atom is -0.353 e. The Kier molecular flexibility index (Phi) is 6.16. The van der Waals surface area contributed by atoms with Crippen LogP contribution >= 0.6 is 11.6 Å². The molecule has 1 amide bonds. The first-order valence-electron chi connectivity index (χ1n) is 9.05. The molecular formula is C20H26ClN3O. The zero-order valence-electron chi connectivity index (χ0n) is 14.7. The zero-order valence-corrected chi connectivity index (χ0v) is 15.5. The van der Waals surface area contributed by atoms with Gasteiger partial charge in [-0.25, -0.2) is 0 Å². The lowest BCUT2D eigenvalue weighted by Crippen LogP contribution is -2.39. The first-order valence-corrected chi connectivity index (χ1v) is 9.42. The average molecular weight is 360 g/mol. The van der Waals surface area contributed by atoms with E-state index in [0.717, 1.165) is 13.1 Å². The first-order chi connectivity index (χ1) is 12.2. The molecule has 0 spiro atoms. The summed E-state index contributed by atoms with van der Waals surface area (Å²) in [5.74, 6) is -0.111. The van der Waals surface area contributed by atoms with Crippen molar-refractivity contribution >= 4 is 17.5 Å². The average Bonchev–Trinajstić information content (AvgIpc) is 2.86. The largest absolute Gasteiger partial charge is 0.353 e. The number of carbonyl (C=O) groups is 1. The molecule has 4 nitrogen and oxygen atoms in total. The Morgan fingerprint density at radius 1 is 1.12 bits per heavy atom. The molecule has 2 aromatic rings. The number of nitrogens with zero attached hydrogens (tertiary/aromatic N) is 2. The van der Waals surface area contributed by atoms with Crippen LogP contribution in [0, 0.1) is 0 Å². The molecule has 2 heterocycles. The molecule has 1 aromatic carbocycles. The van der Waals surface area contributed by atoms with Crippen LogP contribution in [0.4, 0.5) is 0 Å². The van der Waals surface area contributed by atoms with Gasteiger partial charge >= 0.3 is 0 Å². The number of likely N-dealkylation sites (tertiary alicyclic amines) is 1. The molecule has 1 atom stereocenters. The fraction of sp³-hybridized carbons (Fsp3) is 0.450. The van der Waals surface area contributed by atoms with Crippen molar-refractivity contribution in [3.63, 3.8) is 0 Å². The third-order valence-corrected chi connectivity index (χ3v) is 5.31. The Morgan fingerprint density at radius 2 is 1.84 bits per heavy atom. The molecule has 1 N–H and O–H groups in total. The maximum absolute atomic E-state index is 12.6. The first kappa shape index (κ1) is 18.0. The van der Waals surface area contributed by atoms with E-state index < -0.39 is 0 Å². The van der Waals surface area contributed by atoms with Crippen molar-refractivity contribution in [2.24, 2.45) is 7.05 Å². The van der Waals surface area contributed by atoms with Gasteiger partial charge in [-0.15, -0.1) is 0 Å². The van der Waals surface area contributed by atoms with Crippen molar-refractivity contribution in [3.8, 4) is 0 Å². The van der Waals surface area contributed by atoms with Gasteiger partial charge in [-0.05, 0) is 50.2 Å². The molecule has 25 heavy (non-hydrogen) atoms. The number of rotatable bonds is 5. The van der Waals surface area contributed by atoms with Crippen LogP contribution in [-0.4, -0.2) is 35.0 Å². The summed E-state index contributed by atoms with van der Waals surface area (Å²) in [6, 6.07) is 11.6. The number of amides is 1. The van der Waals surface area contributed by atoms with Crippen LogP contribution in [0.5, 0.6) is 0 Å². The predicted octanol–water partition coefficient (Wildman–Crippen LogP) is 4.03. The number of hydrogen-bond acceptors (Lipinski definition) is 2. The van der Waals surface area contributed by atoms with Crippen LogP contribution in [0.3, 0.4) is 0 Å². The highest BCUT2D eigenvalue weighted by molar-refractivity contribution is 6.33. The van der Waals surface area contributed by atoms with E-state index in [-0.39, 0.29) is 11.9 Å². The lowest BCUT2D eigenvalue weighted by molar-refractivity contribution is 0.0931. The van der Waals surface area contributed by atoms with Crippen LogP contribution in [-0.2, 0) is 7.05 Å². The molecule has 1 fully saturated rings. The van der Waals surface area contributed by atoms with E-state index in [9.17, 15) is 4.79 Å². The van der Waals surface area contributed by atoms with Crippen molar-refractivity contribution < 1.29 is 4.79 Å². The molecule has 1 unspecified atom stereocenters. The molecule has 1 aliphatic heterocycles. The number of halogens is 1. The van der Waals surface area contributed by atoms with Crippen molar-refractivity contribution in [2.75, 3.05) is 19.6 Å². The van der Waals surface area contributed by atoms with Crippen LogP contribution in [0.1, 0.15) is 47.8 Å². The van der Waals surface area contributed by atoms with Crippen molar-refractivity contribution in [2.45, 2.75) is 31.7 Å². The van der Waals surface area contributed by atoms with E-state index in [2.05, 4.69) is 40.2 Å². The van der Waals surface area contributed by atoms with Crippen molar-refractivity contribution in [1.82, 2.24) is 14.8 Å². The third-order valence-electron chi connectivity index (χ3n) is 4.98. The highest BCUT2D eigenvalue weighted by Gasteiger charge is 2.24. The summed E-state index contributed by atoms with van der Waals surface area (Å²) in [5, 5.41) is 3.59. The maximum atomic E-state index is 12.6. The van der Waals surface area contributed by atoms with Crippen molar-refractivity contribution in [1.29, 1.82) is 0 Å². The summed E-state index contributed by atoms with van der Waals surface area (Å²) >= 11 is 6.15. The Bertz CT molecular complexity index is 704. The van der Waals surface area contributed by atoms with Crippen LogP contribution < -0.4 is 5.32 Å². The number of aromatic nitrogens is 1. The molecule has 0 saturated carbocycles. The SMILES string of the molecule is Cn1cccc1C(CNC(=O)c1ccccc1Cl)N1CCCCCC1. The van der Waals surface area contributed by atoms with Crippen LogP contribution in [0.2, 0.25) is 5.02 Å². The van der Waals surface area contributed by atoms with E-state index in [4.69, 9.17) is 11.6 Å². The molecular weight excluding hydrogens is 334 g/mol. The second-order valence-corrected chi connectivity index (χ2v) is 7.11. The van der Waals surface area contributed by atoms with Gasteiger partial charge in [-0.3, -0.25) is 9.69 Å². The fourth-order valence-corrected chi connectivity index (χ4v) is 3.80. The van der Waals surface area contributed by atoms with Gasteiger partial charge in [0.1, 0.15) is 0 Å². The monoisotopic (exact) mass is 359 g/mol. The second kappa shape index (κ2) is 8.54. The summed E-state index contributed by atoms with van der Waals surface area (Å²) < 4.78 is 2.15. The maximum Gasteiger partial charge on any atom is 0.252 e. The highest BCUT2D eigenvalue weighted by Crippen LogP contribution is 2.24. The number of hydrogen-bond donors (Lipinski definition) is 1. The van der Waals surface area contributed by atoms with Crippen LogP contribution in [0.25, 0.3) is 0 Å². The van der Waals surface area contributed by atoms with Gasteiger partial charge in [-0.1, -0.05) is 36.6 Å². The molecule has 1 aromatic heterocycles. The summed E-state index contributed by atoms with van der Waals surface area (Å²) in [6.07, 6.45) is 7.10. The van der Waals surface area contributed by atoms with E-state index >= 15 is 0 Å². The molecule has 0 radical (unpaired) electrons. The normalized spacial score (nSPS) is 17.0. The summed E-state index contributed by atoms with van der Waals surface area (Å²) in [4.78, 5) is 15.1. The molecule has 5 heteroatoms. The van der Waals surface area contributed by atoms with Gasteiger partial charge in [0.05, 0.1) is 16.6 Å². The number of aryl methyl sites for hydroxylation is 1. The van der Waals surface area contributed by atoms with Gasteiger partial charge in [-0.2, -0.15) is 0 Å². The van der Waals surface area contributed by atoms with Gasteiger partial charge in [0, 0.05) is 25.5 Å². The second-order valence-electron chi connectivity index (χ2n) is 6.70. The molecule has 1 saturated heterocycles. The number of benzene rings is 1. The Balaban J connectivity index is 1.75. The minimum atomic E-state index is -0.111. The minimum absolute atomic E-state index is 0.111. The van der Waals surface area contributed by atoms with Gasteiger partial charge in [0.15, 0.2) is 0 Å². The van der Waals surface area contributed by atoms with E-state index in [1.165, 1.54) is 31.4 Å². The lowest BCUT2D eigenvalue weighted by Gasteiger charge is -2.31. The topological polar surface area (TPSA) is 37.3 Å². The van der Waals surface area contributed by atoms with Crippen molar-refractivity contribution in [3.05, 3.63) is 58.9 Å². The van der Waals surface area contributed by atoms with Crippen LogP contribution in [0.15, 0.2) is 42.6 Å². The molecule has 3 rings (SSSR count). The highest BCUT2D eigenvalue weighted by atomic mass is 35.5. The van der Waals surface area contributed by atoms with Gasteiger partial charge in [0.25, 0.3) is 5.91 Å². The van der Waals surface area contributed by atoms with E-state index in [1.54, 1.807) is 12.1 Å². The fourth-order valence-electron chi connectivity index (χ4n) is 3.58. The number of carbonyl (C=O) groups excluding carboxylic acids is 1. The Morgan fingerprint density at radius 3 is 2.48 bits per heavy atom. The summed E-state index contributed by atoms with van der Waals surface area (Å²) in [7, 11) is 2.07. The van der Waals surface area contributed by atoms with Gasteiger partial charge in [0.2, 0.25) is 0 Å². The predicted molar refractivity (Wildman–Crippen MR) is 102 cm³/mol. The molecule has 134 valence electrons. The number of nitrogens with one attached hydrogen (secondary N) is 1. The Labute approximate surface area is 154 Å². The van der Waals surface area contributed by atoms with E-state index in [0.29, 0.717) is 17.1 Å². The zero-order chi connectivity index (χ0) is 17.6. The molecule has 0 aliphatic carbocycles. The molecule has 0 bridgehead atoms. The quantitative estimate of drug-likeness (QED) is 0.875. The summed E-state index contributed by atoms with van der Waals surface area (Å²) in [5.41, 5.74) is 1.77. The standard InChI is InChI=1S/C20H26ClN3O/c1-23-12-8-11-18(23)19(24-13-6-2-3-7-14-24)15-22-20(25)16-9-4-5-10-17(16)21/h4-5,8-12,19H,2-3,6-7,13-15H2,1H3,(H,22,25). The smallest absolute Gasteiger partial charge is 0.252 e.